The zero-order valence-corrected chi connectivity index (χ0v) is 12.7. The van der Waals surface area contributed by atoms with Gasteiger partial charge in [0.25, 0.3) is 5.91 Å². The van der Waals surface area contributed by atoms with Crippen molar-refractivity contribution in [3.63, 3.8) is 0 Å². The molecular formula is C18H14N4O2. The molecule has 2 aromatic carbocycles. The molecule has 0 aliphatic heterocycles. The van der Waals surface area contributed by atoms with Gasteiger partial charge in [0, 0.05) is 21.8 Å². The van der Waals surface area contributed by atoms with E-state index in [1.54, 1.807) is 17.6 Å². The van der Waals surface area contributed by atoms with Crippen LogP contribution in [0.4, 0.5) is 0 Å². The lowest BCUT2D eigenvalue weighted by atomic mass is 10.2. The van der Waals surface area contributed by atoms with Gasteiger partial charge < -0.3 is 4.57 Å². The number of carbonyl (C=O) groups is 1. The molecule has 6 nitrogen and oxygen atoms in total. The summed E-state index contributed by atoms with van der Waals surface area (Å²) in [6.45, 7) is 0.544. The van der Waals surface area contributed by atoms with Crippen molar-refractivity contribution >= 4 is 27.7 Å². The monoisotopic (exact) mass is 318 g/mol. The van der Waals surface area contributed by atoms with Crippen molar-refractivity contribution in [2.75, 3.05) is 0 Å². The molecule has 118 valence electrons. The molecule has 24 heavy (non-hydrogen) atoms. The Labute approximate surface area is 137 Å². The number of nitrogens with zero attached hydrogens (tertiary/aromatic N) is 3. The molecule has 0 atom stereocenters. The lowest BCUT2D eigenvalue weighted by molar-refractivity contribution is 0.0699. The standard InChI is InChI=1S/C18H14N4O2/c23-18(21-24)15-10-9-12(19-20-15)11-22-16-7-3-1-5-13(16)14-6-2-4-8-17(14)22/h1-10,24H,11H2,(H,21,23). The zero-order chi connectivity index (χ0) is 16.5. The number of nitrogens with one attached hydrogen (secondary N) is 1. The summed E-state index contributed by atoms with van der Waals surface area (Å²) in [5.74, 6) is -0.675. The predicted octanol–water partition coefficient (Wildman–Crippen LogP) is 2.75. The molecule has 0 saturated heterocycles. The number of hydrogen-bond acceptors (Lipinski definition) is 4. The van der Waals surface area contributed by atoms with Crippen LogP contribution < -0.4 is 5.48 Å². The lowest BCUT2D eigenvalue weighted by Crippen LogP contribution is -2.20. The van der Waals surface area contributed by atoms with E-state index in [4.69, 9.17) is 5.21 Å². The highest BCUT2D eigenvalue weighted by Crippen LogP contribution is 2.29. The lowest BCUT2D eigenvalue weighted by Gasteiger charge is -2.07. The summed E-state index contributed by atoms with van der Waals surface area (Å²) in [4.78, 5) is 11.3. The van der Waals surface area contributed by atoms with Crippen LogP contribution in [0, 0.1) is 0 Å². The number of fused-ring (bicyclic) bond motifs is 3. The molecule has 1 amide bonds. The van der Waals surface area contributed by atoms with Crippen molar-refractivity contribution in [3.8, 4) is 0 Å². The summed E-state index contributed by atoms with van der Waals surface area (Å²) in [6.07, 6.45) is 0. The van der Waals surface area contributed by atoms with Gasteiger partial charge in [-0.15, -0.1) is 5.10 Å². The molecule has 0 saturated carbocycles. The van der Waals surface area contributed by atoms with Crippen LogP contribution in [-0.2, 0) is 6.54 Å². The van der Waals surface area contributed by atoms with E-state index in [1.165, 1.54) is 10.8 Å². The van der Waals surface area contributed by atoms with Crippen molar-refractivity contribution < 1.29 is 10.0 Å². The Kier molecular flexibility index (Phi) is 3.44. The Balaban J connectivity index is 1.80. The zero-order valence-electron chi connectivity index (χ0n) is 12.7. The first-order valence-electron chi connectivity index (χ1n) is 7.51. The molecule has 0 aliphatic carbocycles. The number of rotatable bonds is 3. The molecule has 4 rings (SSSR count). The van der Waals surface area contributed by atoms with E-state index >= 15 is 0 Å². The Bertz CT molecular complexity index is 985. The summed E-state index contributed by atoms with van der Waals surface area (Å²) in [7, 11) is 0. The smallest absolute Gasteiger partial charge is 0.295 e. The van der Waals surface area contributed by atoms with Crippen molar-refractivity contribution in [3.05, 3.63) is 72.1 Å². The number of benzene rings is 2. The van der Waals surface area contributed by atoms with Crippen LogP contribution in [0.5, 0.6) is 0 Å². The molecular weight excluding hydrogens is 304 g/mol. The Morgan fingerprint density at radius 3 is 2.08 bits per heavy atom. The molecule has 0 spiro atoms. The molecule has 0 radical (unpaired) electrons. The quantitative estimate of drug-likeness (QED) is 0.449. The van der Waals surface area contributed by atoms with E-state index in [9.17, 15) is 4.79 Å². The van der Waals surface area contributed by atoms with Gasteiger partial charge in [-0.05, 0) is 24.3 Å². The fourth-order valence-electron chi connectivity index (χ4n) is 2.96. The summed E-state index contributed by atoms with van der Waals surface area (Å²) in [5, 5.41) is 19.0. The van der Waals surface area contributed by atoms with Gasteiger partial charge in [0.15, 0.2) is 5.69 Å². The molecule has 0 fully saturated rings. The van der Waals surface area contributed by atoms with Crippen molar-refractivity contribution in [2.45, 2.75) is 6.54 Å². The second-order valence-corrected chi connectivity index (χ2v) is 5.47. The van der Waals surface area contributed by atoms with E-state index in [1.807, 2.05) is 24.3 Å². The van der Waals surface area contributed by atoms with E-state index in [2.05, 4.69) is 39.0 Å². The average molecular weight is 318 g/mol. The number of para-hydroxylation sites is 2. The molecule has 6 heteroatoms. The number of hydrogen-bond donors (Lipinski definition) is 2. The van der Waals surface area contributed by atoms with E-state index < -0.39 is 5.91 Å². The highest BCUT2D eigenvalue weighted by atomic mass is 16.5. The Morgan fingerprint density at radius 2 is 1.54 bits per heavy atom. The van der Waals surface area contributed by atoms with Crippen molar-refractivity contribution in [1.29, 1.82) is 0 Å². The topological polar surface area (TPSA) is 80.0 Å². The molecule has 0 aliphatic rings. The molecule has 0 unspecified atom stereocenters. The van der Waals surface area contributed by atoms with Gasteiger partial charge in [-0.2, -0.15) is 5.10 Å². The van der Waals surface area contributed by atoms with E-state index in [0.29, 0.717) is 6.54 Å². The molecule has 2 aromatic heterocycles. The first-order valence-corrected chi connectivity index (χ1v) is 7.51. The van der Waals surface area contributed by atoms with Crippen LogP contribution in [0.1, 0.15) is 16.2 Å². The SMILES string of the molecule is O=C(NO)c1ccc(Cn2c3ccccc3c3ccccc32)nn1. The predicted molar refractivity (Wildman–Crippen MR) is 89.8 cm³/mol. The summed E-state index contributed by atoms with van der Waals surface area (Å²) >= 11 is 0. The minimum absolute atomic E-state index is 0.0727. The van der Waals surface area contributed by atoms with Gasteiger partial charge in [-0.25, -0.2) is 5.48 Å². The number of aromatic nitrogens is 3. The van der Waals surface area contributed by atoms with Crippen LogP contribution in [0.25, 0.3) is 21.8 Å². The van der Waals surface area contributed by atoms with Gasteiger partial charge in [-0.3, -0.25) is 10.0 Å². The van der Waals surface area contributed by atoms with E-state index in [0.717, 1.165) is 16.7 Å². The minimum atomic E-state index is -0.675. The summed E-state index contributed by atoms with van der Waals surface area (Å²) in [6, 6.07) is 19.7. The molecule has 2 heterocycles. The first-order chi connectivity index (χ1) is 11.8. The maximum Gasteiger partial charge on any atom is 0.295 e. The Morgan fingerprint density at radius 1 is 0.917 bits per heavy atom. The van der Waals surface area contributed by atoms with Gasteiger partial charge >= 0.3 is 0 Å². The number of amides is 1. The van der Waals surface area contributed by atoms with E-state index in [-0.39, 0.29) is 5.69 Å². The minimum Gasteiger partial charge on any atom is -0.334 e. The second kappa shape index (κ2) is 5.75. The normalized spacial score (nSPS) is 11.0. The van der Waals surface area contributed by atoms with Gasteiger partial charge in [0.05, 0.1) is 12.2 Å². The van der Waals surface area contributed by atoms with Crippen LogP contribution in [-0.4, -0.2) is 25.9 Å². The molecule has 4 aromatic rings. The van der Waals surface area contributed by atoms with Crippen molar-refractivity contribution in [2.24, 2.45) is 0 Å². The van der Waals surface area contributed by atoms with Gasteiger partial charge in [0.2, 0.25) is 0 Å². The van der Waals surface area contributed by atoms with Gasteiger partial charge in [-0.1, -0.05) is 36.4 Å². The first kappa shape index (κ1) is 14.3. The third-order valence-corrected chi connectivity index (χ3v) is 4.05. The largest absolute Gasteiger partial charge is 0.334 e. The van der Waals surface area contributed by atoms with Crippen LogP contribution in [0.2, 0.25) is 0 Å². The molecule has 2 N–H and O–H groups in total. The third-order valence-electron chi connectivity index (χ3n) is 4.05. The number of carbonyl (C=O) groups excluding carboxylic acids is 1. The highest BCUT2D eigenvalue weighted by Gasteiger charge is 2.11. The van der Waals surface area contributed by atoms with Crippen LogP contribution >= 0.6 is 0 Å². The van der Waals surface area contributed by atoms with Crippen molar-refractivity contribution in [1.82, 2.24) is 20.2 Å². The highest BCUT2D eigenvalue weighted by molar-refractivity contribution is 6.08. The summed E-state index contributed by atoms with van der Waals surface area (Å²) in [5.41, 5.74) is 4.60. The maximum absolute atomic E-state index is 11.3. The maximum atomic E-state index is 11.3. The van der Waals surface area contributed by atoms with Crippen LogP contribution in [0.15, 0.2) is 60.7 Å². The second-order valence-electron chi connectivity index (χ2n) is 5.47. The summed E-state index contributed by atoms with van der Waals surface area (Å²) < 4.78 is 2.18. The third kappa shape index (κ3) is 2.29. The number of hydroxylamine groups is 1. The fourth-order valence-corrected chi connectivity index (χ4v) is 2.96. The Hall–Kier alpha value is -3.25. The molecule has 0 bridgehead atoms. The fraction of sp³-hybridized carbons (Fsp3) is 0.0556. The average Bonchev–Trinajstić information content (AvgIpc) is 2.96. The van der Waals surface area contributed by atoms with Crippen LogP contribution in [0.3, 0.4) is 0 Å². The van der Waals surface area contributed by atoms with Gasteiger partial charge in [0.1, 0.15) is 0 Å².